The summed E-state index contributed by atoms with van der Waals surface area (Å²) >= 11 is 0. The zero-order chi connectivity index (χ0) is 22.2. The molecule has 3 heterocycles. The summed E-state index contributed by atoms with van der Waals surface area (Å²) in [5.41, 5.74) is 8.83. The van der Waals surface area contributed by atoms with Gasteiger partial charge in [-0.2, -0.15) is 19.7 Å². The molecule has 4 aromatic rings. The summed E-state index contributed by atoms with van der Waals surface area (Å²) < 4.78 is 1.58. The van der Waals surface area contributed by atoms with Crippen molar-refractivity contribution in [3.63, 3.8) is 0 Å². The molecule has 1 aliphatic heterocycles. The van der Waals surface area contributed by atoms with Crippen LogP contribution in [-0.4, -0.2) is 49.4 Å². The Morgan fingerprint density at radius 2 is 2.06 bits per heavy atom. The molecule has 2 aromatic heterocycles. The number of nitrogens with two attached hydrogens (primary N) is 1. The summed E-state index contributed by atoms with van der Waals surface area (Å²) in [6.07, 6.45) is 2.36. The van der Waals surface area contributed by atoms with Crippen LogP contribution < -0.4 is 21.8 Å². The second-order valence-electron chi connectivity index (χ2n) is 7.51. The Morgan fingerprint density at radius 3 is 2.88 bits per heavy atom. The van der Waals surface area contributed by atoms with E-state index in [1.54, 1.807) is 41.2 Å². The van der Waals surface area contributed by atoms with Crippen molar-refractivity contribution in [3.05, 3.63) is 65.4 Å². The number of primary amides is 1. The van der Waals surface area contributed by atoms with Gasteiger partial charge in [-0.25, -0.2) is 0 Å². The van der Waals surface area contributed by atoms with Crippen LogP contribution >= 0.6 is 0 Å². The smallest absolute Gasteiger partial charge is 0.423 e. The van der Waals surface area contributed by atoms with Crippen LogP contribution in [0.1, 0.15) is 21.5 Å². The topological polar surface area (TPSA) is 151 Å². The fourth-order valence-corrected chi connectivity index (χ4v) is 3.88. The largest absolute Gasteiger partial charge is 0.488 e. The standard InChI is InChI=1S/C21H20BN7O3/c23-18(30)14-5-2-6-17-16(14)11-26-29(17)21-27-19-15(7-8-24-19)20(28-21)25-10-12-3-1-4-13(9-12)22(31)32/h1-6,9,11,31-32H,7-8,10H2,(H2,23,30)(H2,24,25,27,28). The van der Waals surface area contributed by atoms with Gasteiger partial charge in [-0.3, -0.25) is 4.79 Å². The number of hydrogen-bond acceptors (Lipinski definition) is 8. The van der Waals surface area contributed by atoms with Gasteiger partial charge in [-0.1, -0.05) is 30.3 Å². The Bertz CT molecular complexity index is 1340. The molecule has 0 unspecified atom stereocenters. The van der Waals surface area contributed by atoms with Gasteiger partial charge in [0, 0.05) is 24.0 Å². The number of aromatic nitrogens is 4. The molecule has 0 spiro atoms. The normalized spacial score (nSPS) is 12.4. The van der Waals surface area contributed by atoms with Crippen molar-refractivity contribution in [3.8, 4) is 5.95 Å². The van der Waals surface area contributed by atoms with E-state index < -0.39 is 13.0 Å². The van der Waals surface area contributed by atoms with Crippen LogP contribution in [-0.2, 0) is 13.0 Å². The molecule has 1 aliphatic rings. The van der Waals surface area contributed by atoms with Crippen molar-refractivity contribution < 1.29 is 14.8 Å². The van der Waals surface area contributed by atoms with E-state index in [9.17, 15) is 14.8 Å². The van der Waals surface area contributed by atoms with E-state index in [1.165, 1.54) is 0 Å². The molecular weight excluding hydrogens is 409 g/mol. The number of anilines is 2. The van der Waals surface area contributed by atoms with Crippen LogP contribution in [0.15, 0.2) is 48.7 Å². The highest BCUT2D eigenvalue weighted by molar-refractivity contribution is 6.58. The van der Waals surface area contributed by atoms with Crippen molar-refractivity contribution in [2.24, 2.45) is 5.73 Å². The molecule has 1 amide bonds. The zero-order valence-corrected chi connectivity index (χ0v) is 17.0. The molecule has 5 rings (SSSR count). The third-order valence-corrected chi connectivity index (χ3v) is 5.44. The lowest BCUT2D eigenvalue weighted by Gasteiger charge is -2.13. The SMILES string of the molecule is NC(=O)c1cccc2c1cnn2-c1nc2c(c(NCc3cccc(B(O)O)c3)n1)CCN2. The molecule has 0 aliphatic carbocycles. The Kier molecular flexibility index (Phi) is 4.96. The summed E-state index contributed by atoms with van der Waals surface area (Å²) in [4.78, 5) is 21.1. The lowest BCUT2D eigenvalue weighted by atomic mass is 9.80. The third-order valence-electron chi connectivity index (χ3n) is 5.44. The molecule has 32 heavy (non-hydrogen) atoms. The van der Waals surface area contributed by atoms with Crippen molar-refractivity contribution in [1.82, 2.24) is 19.7 Å². The maximum Gasteiger partial charge on any atom is 0.488 e. The highest BCUT2D eigenvalue weighted by atomic mass is 16.4. The molecule has 0 saturated carbocycles. The second kappa shape index (κ2) is 7.95. The first kappa shape index (κ1) is 20.0. The minimum atomic E-state index is -1.52. The van der Waals surface area contributed by atoms with Gasteiger partial charge in [-0.15, -0.1) is 0 Å². The van der Waals surface area contributed by atoms with Gasteiger partial charge in [0.05, 0.1) is 17.3 Å². The van der Waals surface area contributed by atoms with E-state index in [4.69, 9.17) is 10.7 Å². The highest BCUT2D eigenvalue weighted by Gasteiger charge is 2.21. The predicted octanol–water partition coefficient (Wildman–Crippen LogP) is 0.174. The van der Waals surface area contributed by atoms with Gasteiger partial charge < -0.3 is 26.4 Å². The average molecular weight is 429 g/mol. The molecule has 0 fully saturated rings. The van der Waals surface area contributed by atoms with E-state index in [0.717, 1.165) is 29.9 Å². The van der Waals surface area contributed by atoms with Crippen molar-refractivity contribution >= 4 is 41.0 Å². The Morgan fingerprint density at radius 1 is 1.22 bits per heavy atom. The Labute approximate surface area is 183 Å². The van der Waals surface area contributed by atoms with Gasteiger partial charge in [0.25, 0.3) is 5.95 Å². The monoisotopic (exact) mass is 429 g/mol. The number of hydrogen-bond donors (Lipinski definition) is 5. The average Bonchev–Trinajstić information content (AvgIpc) is 3.44. The minimum absolute atomic E-state index is 0.358. The van der Waals surface area contributed by atoms with E-state index >= 15 is 0 Å². The van der Waals surface area contributed by atoms with Gasteiger partial charge >= 0.3 is 7.12 Å². The maximum atomic E-state index is 11.8. The minimum Gasteiger partial charge on any atom is -0.423 e. The first-order valence-electron chi connectivity index (χ1n) is 10.1. The predicted molar refractivity (Wildman–Crippen MR) is 121 cm³/mol. The van der Waals surface area contributed by atoms with E-state index in [1.807, 2.05) is 12.1 Å². The molecule has 6 N–H and O–H groups in total. The van der Waals surface area contributed by atoms with Crippen molar-refractivity contribution in [1.29, 1.82) is 0 Å². The van der Waals surface area contributed by atoms with Crippen LogP contribution in [0, 0.1) is 0 Å². The Hall–Kier alpha value is -3.96. The van der Waals surface area contributed by atoms with Gasteiger partial charge in [-0.05, 0) is 29.6 Å². The van der Waals surface area contributed by atoms with Crippen LogP contribution in [0.4, 0.5) is 11.6 Å². The van der Waals surface area contributed by atoms with Crippen LogP contribution in [0.25, 0.3) is 16.9 Å². The molecule has 10 nitrogen and oxygen atoms in total. The quantitative estimate of drug-likeness (QED) is 0.272. The highest BCUT2D eigenvalue weighted by Crippen LogP contribution is 2.29. The first-order chi connectivity index (χ1) is 15.5. The second-order valence-corrected chi connectivity index (χ2v) is 7.51. The van der Waals surface area contributed by atoms with Gasteiger partial charge in [0.2, 0.25) is 5.91 Å². The zero-order valence-electron chi connectivity index (χ0n) is 17.0. The lowest BCUT2D eigenvalue weighted by Crippen LogP contribution is -2.30. The number of rotatable bonds is 6. The Balaban J connectivity index is 1.52. The molecule has 0 bridgehead atoms. The van der Waals surface area contributed by atoms with Crippen molar-refractivity contribution in [2.45, 2.75) is 13.0 Å². The molecule has 0 atom stereocenters. The summed E-state index contributed by atoms with van der Waals surface area (Å²) in [5, 5.41) is 30.5. The third kappa shape index (κ3) is 3.53. The fraction of sp³-hybridized carbons (Fsp3) is 0.143. The van der Waals surface area contributed by atoms with Gasteiger partial charge in [0.1, 0.15) is 11.6 Å². The summed E-state index contributed by atoms with van der Waals surface area (Å²) in [7, 11) is -1.52. The lowest BCUT2D eigenvalue weighted by molar-refractivity contribution is 0.100. The van der Waals surface area contributed by atoms with Gasteiger partial charge in [0.15, 0.2) is 0 Å². The van der Waals surface area contributed by atoms with Crippen LogP contribution in [0.3, 0.4) is 0 Å². The summed E-state index contributed by atoms with van der Waals surface area (Å²) in [6.45, 7) is 1.19. The number of fused-ring (bicyclic) bond motifs is 2. The van der Waals surface area contributed by atoms with Crippen LogP contribution in [0.2, 0.25) is 0 Å². The van der Waals surface area contributed by atoms with Crippen molar-refractivity contribution in [2.75, 3.05) is 17.2 Å². The summed E-state index contributed by atoms with van der Waals surface area (Å²) in [5.74, 6) is 1.23. The number of amides is 1. The molecule has 0 saturated heterocycles. The fourth-order valence-electron chi connectivity index (χ4n) is 3.88. The maximum absolute atomic E-state index is 11.8. The molecule has 11 heteroatoms. The number of nitrogens with zero attached hydrogens (tertiary/aromatic N) is 4. The number of benzene rings is 2. The molecule has 0 radical (unpaired) electrons. The van der Waals surface area contributed by atoms with E-state index in [0.29, 0.717) is 40.2 Å². The number of carbonyl (C=O) groups is 1. The number of nitrogens with one attached hydrogen (secondary N) is 2. The first-order valence-corrected chi connectivity index (χ1v) is 10.1. The van der Waals surface area contributed by atoms with E-state index in [2.05, 4.69) is 20.7 Å². The summed E-state index contributed by atoms with van der Waals surface area (Å²) in [6, 6.07) is 12.3. The number of carbonyl (C=O) groups excluding carboxylic acids is 1. The molecule has 160 valence electrons. The molecular formula is C21H20BN7O3. The van der Waals surface area contributed by atoms with E-state index in [-0.39, 0.29) is 0 Å². The molecule has 2 aromatic carbocycles. The van der Waals surface area contributed by atoms with Crippen LogP contribution in [0.5, 0.6) is 0 Å².